The number of para-hydroxylation sites is 1. The first-order chi connectivity index (χ1) is 16.3. The van der Waals surface area contributed by atoms with Gasteiger partial charge in [-0.15, -0.1) is 10.2 Å². The average molecular weight is 443 g/mol. The lowest BCUT2D eigenvalue weighted by Gasteiger charge is -2.45. The molecule has 0 amide bonds. The summed E-state index contributed by atoms with van der Waals surface area (Å²) in [6.07, 6.45) is 7.14. The SMILES string of the molecule is Oc1ccccc1-c1cc2c(nn1)NC[C@H]1CN(c3ncc(C4=CCNCC4)cn3)CCN21. The van der Waals surface area contributed by atoms with Crippen LogP contribution in [0, 0.1) is 0 Å². The molecule has 1 aromatic carbocycles. The Bertz CT molecular complexity index is 1200. The summed E-state index contributed by atoms with van der Waals surface area (Å²) in [6.45, 7) is 5.19. The van der Waals surface area contributed by atoms with Crippen LogP contribution in [0.1, 0.15) is 12.0 Å². The molecule has 2 aromatic heterocycles. The largest absolute Gasteiger partial charge is 0.507 e. The van der Waals surface area contributed by atoms with Crippen molar-refractivity contribution in [3.63, 3.8) is 0 Å². The van der Waals surface area contributed by atoms with E-state index in [4.69, 9.17) is 0 Å². The van der Waals surface area contributed by atoms with Crippen LogP contribution in [-0.2, 0) is 0 Å². The minimum atomic E-state index is 0.206. The Morgan fingerprint density at radius 1 is 1.06 bits per heavy atom. The zero-order valence-electron chi connectivity index (χ0n) is 18.3. The van der Waals surface area contributed by atoms with E-state index in [1.54, 1.807) is 12.1 Å². The van der Waals surface area contributed by atoms with Crippen LogP contribution in [0.4, 0.5) is 17.5 Å². The third-order valence-corrected chi connectivity index (χ3v) is 6.61. The van der Waals surface area contributed by atoms with Gasteiger partial charge in [0.05, 0.1) is 17.4 Å². The van der Waals surface area contributed by atoms with Crippen molar-refractivity contribution in [3.8, 4) is 17.0 Å². The summed E-state index contributed by atoms with van der Waals surface area (Å²) in [4.78, 5) is 14.0. The fourth-order valence-electron chi connectivity index (χ4n) is 4.83. The Morgan fingerprint density at radius 2 is 1.94 bits per heavy atom. The molecule has 3 aliphatic rings. The van der Waals surface area contributed by atoms with E-state index in [0.29, 0.717) is 11.3 Å². The number of aromatic nitrogens is 4. The fraction of sp³-hybridized carbons (Fsp3) is 0.333. The predicted octanol–water partition coefficient (Wildman–Crippen LogP) is 2.14. The lowest BCUT2D eigenvalue weighted by Crippen LogP contribution is -2.58. The Labute approximate surface area is 192 Å². The number of rotatable bonds is 3. The number of benzene rings is 1. The number of hydrogen-bond donors (Lipinski definition) is 3. The number of fused-ring (bicyclic) bond motifs is 3. The molecule has 0 spiro atoms. The van der Waals surface area contributed by atoms with Crippen LogP contribution < -0.4 is 20.4 Å². The first kappa shape index (κ1) is 19.9. The zero-order valence-corrected chi connectivity index (χ0v) is 18.3. The summed E-state index contributed by atoms with van der Waals surface area (Å²) in [5, 5.41) is 25.7. The first-order valence-corrected chi connectivity index (χ1v) is 11.4. The molecule has 1 atom stereocenters. The number of nitrogens with one attached hydrogen (secondary N) is 2. The number of phenols is 1. The topological polar surface area (TPSA) is 102 Å². The van der Waals surface area contributed by atoms with Crippen LogP contribution in [0.3, 0.4) is 0 Å². The highest BCUT2D eigenvalue weighted by atomic mass is 16.3. The number of anilines is 3. The second-order valence-electron chi connectivity index (χ2n) is 8.61. The van der Waals surface area contributed by atoms with Gasteiger partial charge in [-0.2, -0.15) is 0 Å². The van der Waals surface area contributed by atoms with E-state index in [0.717, 1.165) is 68.7 Å². The van der Waals surface area contributed by atoms with Gasteiger partial charge in [-0.1, -0.05) is 18.2 Å². The highest BCUT2D eigenvalue weighted by Gasteiger charge is 2.34. The molecule has 0 bridgehead atoms. The molecule has 3 aromatic rings. The Kier molecular flexibility index (Phi) is 5.03. The second-order valence-corrected chi connectivity index (χ2v) is 8.61. The number of aromatic hydroxyl groups is 1. The molecule has 3 N–H and O–H groups in total. The van der Waals surface area contributed by atoms with Gasteiger partial charge in [0.2, 0.25) is 5.95 Å². The predicted molar refractivity (Wildman–Crippen MR) is 128 cm³/mol. The van der Waals surface area contributed by atoms with Gasteiger partial charge in [-0.3, -0.25) is 0 Å². The molecule has 1 fully saturated rings. The lowest BCUT2D eigenvalue weighted by atomic mass is 10.0. The Morgan fingerprint density at radius 3 is 2.76 bits per heavy atom. The third kappa shape index (κ3) is 3.74. The minimum Gasteiger partial charge on any atom is -0.507 e. The number of piperazine rings is 1. The van der Waals surface area contributed by atoms with Crippen molar-refractivity contribution < 1.29 is 5.11 Å². The van der Waals surface area contributed by atoms with Crippen LogP contribution in [0.5, 0.6) is 5.75 Å². The quantitative estimate of drug-likeness (QED) is 0.563. The van der Waals surface area contributed by atoms with E-state index in [9.17, 15) is 5.11 Å². The summed E-state index contributed by atoms with van der Waals surface area (Å²) >= 11 is 0. The van der Waals surface area contributed by atoms with Gasteiger partial charge < -0.3 is 25.5 Å². The van der Waals surface area contributed by atoms with Gasteiger partial charge in [-0.05, 0) is 36.7 Å². The lowest BCUT2D eigenvalue weighted by molar-refractivity contribution is 0.477. The highest BCUT2D eigenvalue weighted by molar-refractivity contribution is 5.76. The van der Waals surface area contributed by atoms with Gasteiger partial charge in [0.25, 0.3) is 0 Å². The van der Waals surface area contributed by atoms with E-state index in [-0.39, 0.29) is 11.8 Å². The Hall–Kier alpha value is -3.72. The molecule has 6 rings (SSSR count). The van der Waals surface area contributed by atoms with Gasteiger partial charge in [0.15, 0.2) is 5.82 Å². The summed E-state index contributed by atoms with van der Waals surface area (Å²) in [5.41, 5.74) is 4.81. The van der Waals surface area contributed by atoms with Crippen LogP contribution in [0.25, 0.3) is 16.8 Å². The molecular weight excluding hydrogens is 416 g/mol. The van der Waals surface area contributed by atoms with E-state index in [1.165, 1.54) is 5.57 Å². The molecule has 3 aliphatic heterocycles. The van der Waals surface area contributed by atoms with Crippen LogP contribution in [0.15, 0.2) is 48.8 Å². The smallest absolute Gasteiger partial charge is 0.225 e. The normalized spacial score (nSPS) is 19.9. The third-order valence-electron chi connectivity index (χ3n) is 6.61. The molecule has 9 nitrogen and oxygen atoms in total. The molecule has 0 saturated carbocycles. The van der Waals surface area contributed by atoms with E-state index in [1.807, 2.05) is 30.6 Å². The molecular formula is C24H26N8O. The molecule has 5 heterocycles. The van der Waals surface area contributed by atoms with Crippen molar-refractivity contribution >= 4 is 23.0 Å². The Balaban J connectivity index is 1.21. The maximum absolute atomic E-state index is 10.2. The van der Waals surface area contributed by atoms with E-state index in [2.05, 4.69) is 46.7 Å². The van der Waals surface area contributed by atoms with Gasteiger partial charge in [-0.25, -0.2) is 9.97 Å². The van der Waals surface area contributed by atoms with E-state index < -0.39 is 0 Å². The van der Waals surface area contributed by atoms with Gasteiger partial charge in [0.1, 0.15) is 5.75 Å². The van der Waals surface area contributed by atoms with Gasteiger partial charge in [0, 0.05) is 56.2 Å². The van der Waals surface area contributed by atoms with Crippen molar-refractivity contribution in [3.05, 3.63) is 54.4 Å². The van der Waals surface area contributed by atoms with Crippen molar-refractivity contribution in [1.82, 2.24) is 25.5 Å². The monoisotopic (exact) mass is 442 g/mol. The van der Waals surface area contributed by atoms with Gasteiger partial charge >= 0.3 is 0 Å². The zero-order chi connectivity index (χ0) is 22.2. The number of nitrogens with zero attached hydrogens (tertiary/aromatic N) is 6. The molecule has 0 radical (unpaired) electrons. The van der Waals surface area contributed by atoms with Crippen LogP contribution in [-0.4, -0.2) is 70.6 Å². The average Bonchev–Trinajstić information content (AvgIpc) is 2.89. The first-order valence-electron chi connectivity index (χ1n) is 11.4. The molecule has 168 valence electrons. The van der Waals surface area contributed by atoms with E-state index >= 15 is 0 Å². The maximum atomic E-state index is 10.2. The second kappa shape index (κ2) is 8.32. The molecule has 0 unspecified atom stereocenters. The fourth-order valence-corrected chi connectivity index (χ4v) is 4.83. The summed E-state index contributed by atoms with van der Waals surface area (Å²) in [7, 11) is 0. The standard InChI is InChI=1S/C24H26N8O/c33-22-4-2-1-3-19(22)20-11-21-23(30-29-20)26-14-18-15-31(9-10-32(18)21)24-27-12-17(13-28-24)16-5-7-25-8-6-16/h1-5,11-13,18,25,33H,6-10,14-15H2,(H,26,30)/t18-/m0/s1. The number of phenolic OH excluding ortho intramolecular Hbond substituents is 1. The minimum absolute atomic E-state index is 0.206. The molecule has 33 heavy (non-hydrogen) atoms. The number of hydrogen-bond acceptors (Lipinski definition) is 9. The molecule has 1 saturated heterocycles. The summed E-state index contributed by atoms with van der Waals surface area (Å²) < 4.78 is 0. The summed E-state index contributed by atoms with van der Waals surface area (Å²) in [6, 6.07) is 9.51. The molecule has 9 heteroatoms. The van der Waals surface area contributed by atoms with Crippen molar-refractivity contribution in [2.45, 2.75) is 12.5 Å². The van der Waals surface area contributed by atoms with Crippen molar-refractivity contribution in [2.24, 2.45) is 0 Å². The summed E-state index contributed by atoms with van der Waals surface area (Å²) in [5.74, 6) is 1.77. The van der Waals surface area contributed by atoms with Crippen LogP contribution in [0.2, 0.25) is 0 Å². The highest BCUT2D eigenvalue weighted by Crippen LogP contribution is 2.36. The van der Waals surface area contributed by atoms with Crippen molar-refractivity contribution in [1.29, 1.82) is 0 Å². The van der Waals surface area contributed by atoms with Crippen LogP contribution >= 0.6 is 0 Å². The van der Waals surface area contributed by atoms with Crippen molar-refractivity contribution in [2.75, 3.05) is 54.4 Å². The molecule has 0 aliphatic carbocycles. The maximum Gasteiger partial charge on any atom is 0.225 e.